The van der Waals surface area contributed by atoms with E-state index in [0.717, 1.165) is 6.42 Å². The molecule has 0 bridgehead atoms. The van der Waals surface area contributed by atoms with Crippen molar-refractivity contribution in [1.82, 2.24) is 9.55 Å². The van der Waals surface area contributed by atoms with Gasteiger partial charge < -0.3 is 10.3 Å². The largest absolute Gasteiger partial charge is 0.328 e. The lowest BCUT2D eigenvalue weighted by atomic mass is 9.97. The normalized spacial score (nSPS) is 14.5. The van der Waals surface area contributed by atoms with Crippen molar-refractivity contribution in [3.05, 3.63) is 54.4 Å². The SMILES string of the molecule is CCC(N)C(c1ccccc1F)n1ccnc1. The van der Waals surface area contributed by atoms with E-state index in [2.05, 4.69) is 4.98 Å². The zero-order valence-electron chi connectivity index (χ0n) is 9.75. The van der Waals surface area contributed by atoms with Gasteiger partial charge in [-0.05, 0) is 12.5 Å². The predicted molar refractivity (Wildman–Crippen MR) is 65.0 cm³/mol. The number of aromatic nitrogens is 2. The quantitative estimate of drug-likeness (QED) is 0.881. The van der Waals surface area contributed by atoms with Gasteiger partial charge in [-0.25, -0.2) is 9.37 Å². The molecule has 0 fully saturated rings. The van der Waals surface area contributed by atoms with Gasteiger partial charge in [-0.3, -0.25) is 0 Å². The third-order valence-corrected chi connectivity index (χ3v) is 2.95. The first kappa shape index (κ1) is 11.8. The van der Waals surface area contributed by atoms with E-state index in [4.69, 9.17) is 5.73 Å². The summed E-state index contributed by atoms with van der Waals surface area (Å²) >= 11 is 0. The van der Waals surface area contributed by atoms with Crippen molar-refractivity contribution in [2.24, 2.45) is 5.73 Å². The molecule has 0 aliphatic carbocycles. The van der Waals surface area contributed by atoms with Crippen molar-refractivity contribution in [3.63, 3.8) is 0 Å². The Hall–Kier alpha value is -1.68. The Balaban J connectivity index is 2.44. The number of halogens is 1. The smallest absolute Gasteiger partial charge is 0.128 e. The summed E-state index contributed by atoms with van der Waals surface area (Å²) in [6.45, 7) is 2.00. The number of hydrogen-bond acceptors (Lipinski definition) is 2. The van der Waals surface area contributed by atoms with Crippen LogP contribution >= 0.6 is 0 Å². The van der Waals surface area contributed by atoms with Crippen LogP contribution in [0.1, 0.15) is 24.9 Å². The minimum Gasteiger partial charge on any atom is -0.328 e. The summed E-state index contributed by atoms with van der Waals surface area (Å²) in [5.74, 6) is -0.227. The van der Waals surface area contributed by atoms with Crippen molar-refractivity contribution in [3.8, 4) is 0 Å². The van der Waals surface area contributed by atoms with E-state index in [1.54, 1.807) is 24.7 Å². The summed E-state index contributed by atoms with van der Waals surface area (Å²) in [6.07, 6.45) is 5.94. The summed E-state index contributed by atoms with van der Waals surface area (Å²) < 4.78 is 15.7. The first-order valence-electron chi connectivity index (χ1n) is 5.71. The van der Waals surface area contributed by atoms with Gasteiger partial charge in [0, 0.05) is 24.0 Å². The molecule has 2 rings (SSSR count). The van der Waals surface area contributed by atoms with Gasteiger partial charge in [0.15, 0.2) is 0 Å². The Kier molecular flexibility index (Phi) is 3.54. The van der Waals surface area contributed by atoms with Gasteiger partial charge in [-0.15, -0.1) is 0 Å². The number of hydrogen-bond donors (Lipinski definition) is 1. The van der Waals surface area contributed by atoms with E-state index in [0.29, 0.717) is 5.56 Å². The predicted octanol–water partition coefficient (Wildman–Crippen LogP) is 2.35. The second kappa shape index (κ2) is 5.10. The van der Waals surface area contributed by atoms with Crippen molar-refractivity contribution >= 4 is 0 Å². The Labute approximate surface area is 100 Å². The van der Waals surface area contributed by atoms with Crippen LogP contribution in [0.4, 0.5) is 4.39 Å². The molecule has 17 heavy (non-hydrogen) atoms. The van der Waals surface area contributed by atoms with Crippen molar-refractivity contribution in [1.29, 1.82) is 0 Å². The van der Waals surface area contributed by atoms with Gasteiger partial charge in [-0.2, -0.15) is 0 Å². The van der Waals surface area contributed by atoms with E-state index >= 15 is 0 Å². The van der Waals surface area contributed by atoms with Crippen LogP contribution in [-0.2, 0) is 0 Å². The lowest BCUT2D eigenvalue weighted by Crippen LogP contribution is -2.32. The summed E-state index contributed by atoms with van der Waals surface area (Å²) in [4.78, 5) is 4.00. The highest BCUT2D eigenvalue weighted by atomic mass is 19.1. The summed E-state index contributed by atoms with van der Waals surface area (Å²) in [6, 6.07) is 6.40. The first-order chi connectivity index (χ1) is 8.24. The topological polar surface area (TPSA) is 43.8 Å². The molecule has 2 unspecified atom stereocenters. The molecule has 0 spiro atoms. The van der Waals surface area contributed by atoms with Gasteiger partial charge in [0.1, 0.15) is 5.82 Å². The number of nitrogens with zero attached hydrogens (tertiary/aromatic N) is 2. The molecule has 0 aliphatic rings. The Morgan fingerprint density at radius 2 is 2.18 bits per heavy atom. The van der Waals surface area contributed by atoms with Crippen LogP contribution in [-0.4, -0.2) is 15.6 Å². The second-order valence-corrected chi connectivity index (χ2v) is 4.05. The zero-order valence-corrected chi connectivity index (χ0v) is 9.75. The van der Waals surface area contributed by atoms with Crippen LogP contribution in [0.15, 0.2) is 43.0 Å². The highest BCUT2D eigenvalue weighted by molar-refractivity contribution is 5.23. The van der Waals surface area contributed by atoms with Crippen molar-refractivity contribution < 1.29 is 4.39 Å². The zero-order chi connectivity index (χ0) is 12.3. The number of imidazole rings is 1. The highest BCUT2D eigenvalue weighted by Gasteiger charge is 2.22. The minimum atomic E-state index is -0.227. The van der Waals surface area contributed by atoms with E-state index < -0.39 is 0 Å². The molecule has 2 atom stereocenters. The molecule has 0 amide bonds. The monoisotopic (exact) mass is 233 g/mol. The summed E-state index contributed by atoms with van der Waals surface area (Å²) in [5.41, 5.74) is 6.71. The molecule has 0 radical (unpaired) electrons. The Bertz CT molecular complexity index is 467. The molecule has 1 heterocycles. The molecule has 90 valence electrons. The maximum Gasteiger partial charge on any atom is 0.128 e. The maximum absolute atomic E-state index is 13.8. The fraction of sp³-hybridized carbons (Fsp3) is 0.308. The van der Waals surface area contributed by atoms with Crippen LogP contribution < -0.4 is 5.73 Å². The van der Waals surface area contributed by atoms with Gasteiger partial charge in [0.2, 0.25) is 0 Å². The lowest BCUT2D eigenvalue weighted by molar-refractivity contribution is 0.439. The first-order valence-corrected chi connectivity index (χ1v) is 5.71. The molecule has 2 aromatic rings. The molecule has 1 aromatic carbocycles. The van der Waals surface area contributed by atoms with Crippen LogP contribution in [0.25, 0.3) is 0 Å². The Morgan fingerprint density at radius 1 is 1.41 bits per heavy atom. The third kappa shape index (κ3) is 2.36. The van der Waals surface area contributed by atoms with Crippen LogP contribution in [0.3, 0.4) is 0 Å². The van der Waals surface area contributed by atoms with Gasteiger partial charge >= 0.3 is 0 Å². The number of nitrogens with two attached hydrogens (primary N) is 1. The molecular weight excluding hydrogens is 217 g/mol. The average Bonchev–Trinajstić information content (AvgIpc) is 2.85. The van der Waals surface area contributed by atoms with Crippen LogP contribution in [0.5, 0.6) is 0 Å². The van der Waals surface area contributed by atoms with Crippen molar-refractivity contribution in [2.45, 2.75) is 25.4 Å². The molecule has 1 aromatic heterocycles. The van der Waals surface area contributed by atoms with Crippen molar-refractivity contribution in [2.75, 3.05) is 0 Å². The highest BCUT2D eigenvalue weighted by Crippen LogP contribution is 2.24. The molecule has 0 saturated heterocycles. The van der Waals surface area contributed by atoms with E-state index in [1.807, 2.05) is 23.8 Å². The third-order valence-electron chi connectivity index (χ3n) is 2.95. The maximum atomic E-state index is 13.8. The average molecular weight is 233 g/mol. The molecule has 4 heteroatoms. The van der Waals surface area contributed by atoms with E-state index in [9.17, 15) is 4.39 Å². The summed E-state index contributed by atoms with van der Waals surface area (Å²) in [7, 11) is 0. The van der Waals surface area contributed by atoms with Crippen LogP contribution in [0, 0.1) is 5.82 Å². The molecule has 0 saturated carbocycles. The molecule has 3 nitrogen and oxygen atoms in total. The van der Waals surface area contributed by atoms with Gasteiger partial charge in [0.05, 0.1) is 12.4 Å². The number of benzene rings is 1. The van der Waals surface area contributed by atoms with Gasteiger partial charge in [0.25, 0.3) is 0 Å². The molecular formula is C13H16FN3. The van der Waals surface area contributed by atoms with E-state index in [-0.39, 0.29) is 17.9 Å². The minimum absolute atomic E-state index is 0.138. The van der Waals surface area contributed by atoms with Crippen LogP contribution in [0.2, 0.25) is 0 Å². The summed E-state index contributed by atoms with van der Waals surface area (Å²) in [5, 5.41) is 0. The van der Waals surface area contributed by atoms with Gasteiger partial charge in [-0.1, -0.05) is 25.1 Å². The molecule has 2 N–H and O–H groups in total. The lowest BCUT2D eigenvalue weighted by Gasteiger charge is -2.25. The fourth-order valence-electron chi connectivity index (χ4n) is 1.98. The van der Waals surface area contributed by atoms with E-state index in [1.165, 1.54) is 6.07 Å². The standard InChI is InChI=1S/C13H16FN3/c1-2-12(15)13(17-8-7-16-9-17)10-5-3-4-6-11(10)14/h3-9,12-13H,2,15H2,1H3. The second-order valence-electron chi connectivity index (χ2n) is 4.05. The molecule has 0 aliphatic heterocycles. The number of rotatable bonds is 4. The Morgan fingerprint density at radius 3 is 2.76 bits per heavy atom. The fourth-order valence-corrected chi connectivity index (χ4v) is 1.98.